The standard InChI is InChI=1S/C20H26ClN3O3/c21-16-7-3-4-8-17(16)24-14-15(13-19(24)26)20(27)22-10-6-12-23-11-5-1-2-9-18(23)25/h3-4,7-8,15H,1-2,5-6,9-14H2,(H,22,27). The van der Waals surface area contributed by atoms with E-state index in [1.165, 1.54) is 0 Å². The summed E-state index contributed by atoms with van der Waals surface area (Å²) in [5.41, 5.74) is 0.652. The number of halogens is 1. The van der Waals surface area contributed by atoms with Crippen molar-refractivity contribution < 1.29 is 14.4 Å². The minimum atomic E-state index is -0.367. The Labute approximate surface area is 164 Å². The molecule has 3 rings (SSSR count). The molecule has 1 unspecified atom stereocenters. The Balaban J connectivity index is 1.44. The number of nitrogens with one attached hydrogen (secondary N) is 1. The molecule has 0 radical (unpaired) electrons. The summed E-state index contributed by atoms with van der Waals surface area (Å²) in [5, 5.41) is 3.42. The molecule has 1 atom stereocenters. The van der Waals surface area contributed by atoms with E-state index < -0.39 is 0 Å². The van der Waals surface area contributed by atoms with E-state index in [0.717, 1.165) is 32.2 Å². The van der Waals surface area contributed by atoms with Crippen molar-refractivity contribution >= 4 is 35.0 Å². The molecule has 27 heavy (non-hydrogen) atoms. The molecule has 2 aliphatic rings. The van der Waals surface area contributed by atoms with E-state index in [4.69, 9.17) is 11.6 Å². The van der Waals surface area contributed by atoms with E-state index in [2.05, 4.69) is 5.32 Å². The Kier molecular flexibility index (Phi) is 6.72. The molecule has 2 saturated heterocycles. The second-order valence-corrected chi connectivity index (χ2v) is 7.60. The number of carbonyl (C=O) groups excluding carboxylic acids is 3. The number of carbonyl (C=O) groups is 3. The highest BCUT2D eigenvalue weighted by atomic mass is 35.5. The van der Waals surface area contributed by atoms with E-state index in [-0.39, 0.29) is 30.1 Å². The smallest absolute Gasteiger partial charge is 0.227 e. The molecule has 1 N–H and O–H groups in total. The summed E-state index contributed by atoms with van der Waals surface area (Å²) in [7, 11) is 0. The van der Waals surface area contributed by atoms with Gasteiger partial charge in [-0.3, -0.25) is 14.4 Å². The first-order valence-electron chi connectivity index (χ1n) is 9.66. The van der Waals surface area contributed by atoms with Crippen molar-refractivity contribution in [3.8, 4) is 0 Å². The van der Waals surface area contributed by atoms with Crippen LogP contribution in [0.4, 0.5) is 5.69 Å². The predicted molar refractivity (Wildman–Crippen MR) is 105 cm³/mol. The van der Waals surface area contributed by atoms with Gasteiger partial charge in [-0.2, -0.15) is 0 Å². The summed E-state index contributed by atoms with van der Waals surface area (Å²) in [6.45, 7) is 2.35. The van der Waals surface area contributed by atoms with Gasteiger partial charge in [0.05, 0.1) is 16.6 Å². The number of nitrogens with zero attached hydrogens (tertiary/aromatic N) is 2. The maximum atomic E-state index is 12.4. The number of likely N-dealkylation sites (tertiary alicyclic amines) is 1. The molecule has 146 valence electrons. The summed E-state index contributed by atoms with van der Waals surface area (Å²) >= 11 is 6.17. The Morgan fingerprint density at radius 2 is 1.96 bits per heavy atom. The second-order valence-electron chi connectivity index (χ2n) is 7.19. The topological polar surface area (TPSA) is 69.7 Å². The van der Waals surface area contributed by atoms with Crippen LogP contribution >= 0.6 is 11.6 Å². The summed E-state index contributed by atoms with van der Waals surface area (Å²) in [6, 6.07) is 7.16. The summed E-state index contributed by atoms with van der Waals surface area (Å²) in [4.78, 5) is 40.2. The molecule has 6 nitrogen and oxygen atoms in total. The third-order valence-electron chi connectivity index (χ3n) is 5.21. The molecule has 1 aromatic carbocycles. The molecule has 3 amide bonds. The highest BCUT2D eigenvalue weighted by Gasteiger charge is 2.35. The van der Waals surface area contributed by atoms with Gasteiger partial charge in [-0.15, -0.1) is 0 Å². The van der Waals surface area contributed by atoms with Gasteiger partial charge >= 0.3 is 0 Å². The molecule has 0 saturated carbocycles. The zero-order chi connectivity index (χ0) is 19.2. The number of anilines is 1. The van der Waals surface area contributed by atoms with E-state index in [0.29, 0.717) is 36.8 Å². The third-order valence-corrected chi connectivity index (χ3v) is 5.53. The summed E-state index contributed by atoms with van der Waals surface area (Å²) in [6.07, 6.45) is 4.70. The lowest BCUT2D eigenvalue weighted by Gasteiger charge is -2.20. The summed E-state index contributed by atoms with van der Waals surface area (Å²) in [5.74, 6) is -0.345. The number of amides is 3. The maximum Gasteiger partial charge on any atom is 0.227 e. The van der Waals surface area contributed by atoms with Crippen molar-refractivity contribution in [3.05, 3.63) is 29.3 Å². The number of benzene rings is 1. The molecular weight excluding hydrogens is 366 g/mol. The maximum absolute atomic E-state index is 12.4. The summed E-state index contributed by atoms with van der Waals surface area (Å²) < 4.78 is 0. The third kappa shape index (κ3) is 5.01. The van der Waals surface area contributed by atoms with Crippen LogP contribution in [0.2, 0.25) is 5.02 Å². The SMILES string of the molecule is O=C(NCCCN1CCCCCC1=O)C1CC(=O)N(c2ccccc2Cl)C1. The second kappa shape index (κ2) is 9.22. The normalized spacial score (nSPS) is 20.7. The molecule has 2 heterocycles. The molecule has 0 aromatic heterocycles. The Hall–Kier alpha value is -2.08. The molecular formula is C20H26ClN3O3. The lowest BCUT2D eigenvalue weighted by molar-refractivity contribution is -0.130. The first-order chi connectivity index (χ1) is 13.1. The lowest BCUT2D eigenvalue weighted by Crippen LogP contribution is -2.36. The highest BCUT2D eigenvalue weighted by Crippen LogP contribution is 2.30. The monoisotopic (exact) mass is 391 g/mol. The average molecular weight is 392 g/mol. The van der Waals surface area contributed by atoms with Gasteiger partial charge in [0.2, 0.25) is 17.7 Å². The van der Waals surface area contributed by atoms with Crippen LogP contribution in [-0.4, -0.2) is 48.8 Å². The minimum absolute atomic E-state index is 0.0848. The van der Waals surface area contributed by atoms with Crippen molar-refractivity contribution in [2.24, 2.45) is 5.92 Å². The predicted octanol–water partition coefficient (Wildman–Crippen LogP) is 2.60. The van der Waals surface area contributed by atoms with E-state index in [1.54, 1.807) is 17.0 Å². The van der Waals surface area contributed by atoms with Gasteiger partial charge in [-0.1, -0.05) is 30.2 Å². The average Bonchev–Trinajstić information content (AvgIpc) is 2.92. The Morgan fingerprint density at radius 1 is 1.15 bits per heavy atom. The van der Waals surface area contributed by atoms with Crippen LogP contribution in [0.3, 0.4) is 0 Å². The van der Waals surface area contributed by atoms with Crippen molar-refractivity contribution in [2.75, 3.05) is 31.1 Å². The molecule has 2 aliphatic heterocycles. The Morgan fingerprint density at radius 3 is 2.78 bits per heavy atom. The molecule has 2 fully saturated rings. The van der Waals surface area contributed by atoms with Crippen LogP contribution in [0.1, 0.15) is 38.5 Å². The molecule has 1 aromatic rings. The van der Waals surface area contributed by atoms with E-state index in [9.17, 15) is 14.4 Å². The van der Waals surface area contributed by atoms with Crippen LogP contribution in [0, 0.1) is 5.92 Å². The molecule has 7 heteroatoms. The lowest BCUT2D eigenvalue weighted by atomic mass is 10.1. The number of hydrogen-bond donors (Lipinski definition) is 1. The zero-order valence-corrected chi connectivity index (χ0v) is 16.2. The molecule has 0 bridgehead atoms. The van der Waals surface area contributed by atoms with Crippen LogP contribution < -0.4 is 10.2 Å². The van der Waals surface area contributed by atoms with Gasteiger partial charge in [0, 0.05) is 39.0 Å². The fourth-order valence-electron chi connectivity index (χ4n) is 3.69. The van der Waals surface area contributed by atoms with Gasteiger partial charge in [0.25, 0.3) is 0 Å². The number of rotatable bonds is 6. The minimum Gasteiger partial charge on any atom is -0.356 e. The zero-order valence-electron chi connectivity index (χ0n) is 15.5. The first kappa shape index (κ1) is 19.7. The number of hydrogen-bond acceptors (Lipinski definition) is 3. The molecule has 0 spiro atoms. The van der Waals surface area contributed by atoms with Crippen molar-refractivity contribution in [1.29, 1.82) is 0 Å². The van der Waals surface area contributed by atoms with Crippen molar-refractivity contribution in [3.63, 3.8) is 0 Å². The quantitative estimate of drug-likeness (QED) is 0.758. The van der Waals surface area contributed by atoms with Crippen LogP contribution in [0.25, 0.3) is 0 Å². The van der Waals surface area contributed by atoms with E-state index >= 15 is 0 Å². The van der Waals surface area contributed by atoms with Gasteiger partial charge < -0.3 is 15.1 Å². The van der Waals surface area contributed by atoms with Gasteiger partial charge in [-0.25, -0.2) is 0 Å². The first-order valence-corrected chi connectivity index (χ1v) is 10.0. The van der Waals surface area contributed by atoms with Crippen molar-refractivity contribution in [2.45, 2.75) is 38.5 Å². The number of para-hydroxylation sites is 1. The fraction of sp³-hybridized carbons (Fsp3) is 0.550. The Bertz CT molecular complexity index is 709. The van der Waals surface area contributed by atoms with Crippen LogP contribution in [0.15, 0.2) is 24.3 Å². The fourth-order valence-corrected chi connectivity index (χ4v) is 3.93. The van der Waals surface area contributed by atoms with Gasteiger partial charge in [0.15, 0.2) is 0 Å². The largest absolute Gasteiger partial charge is 0.356 e. The van der Waals surface area contributed by atoms with E-state index in [1.807, 2.05) is 17.0 Å². The van der Waals surface area contributed by atoms with Crippen molar-refractivity contribution in [1.82, 2.24) is 10.2 Å². The highest BCUT2D eigenvalue weighted by molar-refractivity contribution is 6.33. The van der Waals surface area contributed by atoms with Crippen LogP contribution in [-0.2, 0) is 14.4 Å². The van der Waals surface area contributed by atoms with Gasteiger partial charge in [0.1, 0.15) is 0 Å². The van der Waals surface area contributed by atoms with Gasteiger partial charge in [-0.05, 0) is 31.4 Å². The molecule has 0 aliphatic carbocycles. The van der Waals surface area contributed by atoms with Crippen LogP contribution in [0.5, 0.6) is 0 Å².